The molecule has 1 aliphatic heterocycles. The molecular formula is C18H18ClNO5S. The number of esters is 1. The van der Waals surface area contributed by atoms with E-state index in [-0.39, 0.29) is 24.5 Å². The average molecular weight is 396 g/mol. The number of furan rings is 1. The Balaban J connectivity index is 1.52. The minimum Gasteiger partial charge on any atom is -0.490 e. The Hall–Kier alpha value is -2.12. The average Bonchev–Trinajstić information content (AvgIpc) is 3.29. The van der Waals surface area contributed by atoms with Crippen molar-refractivity contribution < 1.29 is 23.5 Å². The first-order valence-corrected chi connectivity index (χ1v) is 9.48. The number of hydrogen-bond acceptors (Lipinski definition) is 6. The summed E-state index contributed by atoms with van der Waals surface area (Å²) in [5, 5.41) is 0.309. The highest BCUT2D eigenvalue weighted by atomic mass is 35.5. The second-order valence-electron chi connectivity index (χ2n) is 5.61. The van der Waals surface area contributed by atoms with Crippen molar-refractivity contribution in [2.45, 2.75) is 18.3 Å². The molecule has 2 aromatic rings. The number of benzene rings is 1. The lowest BCUT2D eigenvalue weighted by molar-refractivity contribution is -0.154. The van der Waals surface area contributed by atoms with Crippen LogP contribution < -0.4 is 4.74 Å². The smallest absolute Gasteiger partial charge is 0.329 e. The molecule has 6 nitrogen and oxygen atoms in total. The van der Waals surface area contributed by atoms with Gasteiger partial charge in [0.05, 0.1) is 6.26 Å². The van der Waals surface area contributed by atoms with E-state index < -0.39 is 12.0 Å². The summed E-state index contributed by atoms with van der Waals surface area (Å²) in [6.45, 7) is 1.75. The van der Waals surface area contributed by atoms with Crippen molar-refractivity contribution in [1.29, 1.82) is 0 Å². The van der Waals surface area contributed by atoms with E-state index in [1.54, 1.807) is 42.7 Å². The van der Waals surface area contributed by atoms with Crippen LogP contribution in [-0.2, 0) is 14.3 Å². The van der Waals surface area contributed by atoms with Crippen LogP contribution in [0, 0.1) is 0 Å². The minimum atomic E-state index is -0.636. The Morgan fingerprint density at radius 3 is 2.69 bits per heavy atom. The van der Waals surface area contributed by atoms with Crippen molar-refractivity contribution in [3.63, 3.8) is 0 Å². The molecule has 1 aromatic heterocycles. The molecular weight excluding hydrogens is 378 g/mol. The third-order valence-corrected chi connectivity index (χ3v) is 5.37. The van der Waals surface area contributed by atoms with Crippen LogP contribution in [-0.4, -0.2) is 41.8 Å². The summed E-state index contributed by atoms with van der Waals surface area (Å²) < 4.78 is 16.2. The van der Waals surface area contributed by atoms with Gasteiger partial charge in [-0.1, -0.05) is 11.6 Å². The molecule has 0 bridgehead atoms. The first kappa shape index (κ1) is 18.7. The minimum absolute atomic E-state index is 0.0970. The molecule has 2 heterocycles. The van der Waals surface area contributed by atoms with Gasteiger partial charge in [0.2, 0.25) is 5.91 Å². The van der Waals surface area contributed by atoms with Gasteiger partial charge >= 0.3 is 5.97 Å². The van der Waals surface area contributed by atoms with Gasteiger partial charge in [-0.15, -0.1) is 11.8 Å². The third kappa shape index (κ3) is 4.34. The maximum atomic E-state index is 12.4. The highest BCUT2D eigenvalue weighted by Crippen LogP contribution is 2.41. The van der Waals surface area contributed by atoms with Crippen molar-refractivity contribution >= 4 is 35.2 Å². The fourth-order valence-electron chi connectivity index (χ4n) is 2.65. The Kier molecular flexibility index (Phi) is 6.11. The van der Waals surface area contributed by atoms with Gasteiger partial charge in [0, 0.05) is 17.7 Å². The van der Waals surface area contributed by atoms with E-state index in [1.165, 1.54) is 23.6 Å². The Bertz CT molecular complexity index is 749. The van der Waals surface area contributed by atoms with Crippen LogP contribution in [0.4, 0.5) is 0 Å². The maximum absolute atomic E-state index is 12.4. The molecule has 2 atom stereocenters. The third-order valence-electron chi connectivity index (χ3n) is 3.83. The van der Waals surface area contributed by atoms with Crippen molar-refractivity contribution in [1.82, 2.24) is 4.90 Å². The van der Waals surface area contributed by atoms with E-state index in [4.69, 9.17) is 25.5 Å². The lowest BCUT2D eigenvalue weighted by Gasteiger charge is -2.25. The molecule has 1 saturated heterocycles. The number of amides is 1. The fourth-order valence-corrected chi connectivity index (χ4v) is 4.19. The number of carbonyl (C=O) groups is 2. The summed E-state index contributed by atoms with van der Waals surface area (Å²) in [6.07, 6.45) is 1.55. The summed E-state index contributed by atoms with van der Waals surface area (Å²) in [6, 6.07) is 9.83. The molecule has 1 aromatic carbocycles. The Labute approximate surface area is 160 Å². The molecule has 1 amide bonds. The number of carbonyl (C=O) groups excluding carboxylic acids is 2. The van der Waals surface area contributed by atoms with Crippen molar-refractivity contribution in [3.05, 3.63) is 53.4 Å². The lowest BCUT2D eigenvalue weighted by atomic mass is 10.2. The van der Waals surface area contributed by atoms with Crippen LogP contribution in [0.25, 0.3) is 0 Å². The largest absolute Gasteiger partial charge is 0.490 e. The zero-order chi connectivity index (χ0) is 18.5. The van der Waals surface area contributed by atoms with Crippen molar-refractivity contribution in [2.75, 3.05) is 19.0 Å². The normalized spacial score (nSPS) is 19.4. The maximum Gasteiger partial charge on any atom is 0.329 e. The van der Waals surface area contributed by atoms with Gasteiger partial charge < -0.3 is 18.8 Å². The van der Waals surface area contributed by atoms with E-state index in [0.717, 1.165) is 0 Å². The van der Waals surface area contributed by atoms with E-state index in [2.05, 4.69) is 0 Å². The van der Waals surface area contributed by atoms with Gasteiger partial charge in [0.1, 0.15) is 36.1 Å². The standard InChI is InChI=1S/C18H18ClNO5S/c1-12(21)20-15(11-26-17(20)16-3-2-8-24-16)18(22)25-10-9-23-14-6-4-13(19)5-7-14/h2-8,15,17H,9-11H2,1H3/t15-,17-/m0/s1. The number of nitrogens with zero attached hydrogens (tertiary/aromatic N) is 1. The quantitative estimate of drug-likeness (QED) is 0.550. The van der Waals surface area contributed by atoms with Crippen molar-refractivity contribution in [2.24, 2.45) is 0 Å². The topological polar surface area (TPSA) is 69.0 Å². The molecule has 26 heavy (non-hydrogen) atoms. The van der Waals surface area contributed by atoms with E-state index in [1.807, 2.05) is 0 Å². The molecule has 1 aliphatic rings. The molecule has 0 saturated carbocycles. The van der Waals surface area contributed by atoms with Crippen LogP contribution in [0.3, 0.4) is 0 Å². The number of rotatable bonds is 6. The molecule has 138 valence electrons. The second-order valence-corrected chi connectivity index (χ2v) is 7.16. The van der Waals surface area contributed by atoms with E-state index >= 15 is 0 Å². The molecule has 0 aliphatic carbocycles. The predicted octanol–water partition coefficient (Wildman–Crippen LogP) is 3.52. The predicted molar refractivity (Wildman–Crippen MR) is 98.1 cm³/mol. The first-order chi connectivity index (χ1) is 12.6. The summed E-state index contributed by atoms with van der Waals surface area (Å²) in [5.74, 6) is 1.11. The van der Waals surface area contributed by atoms with E-state index in [0.29, 0.717) is 22.3 Å². The van der Waals surface area contributed by atoms with Crippen LogP contribution in [0.5, 0.6) is 5.75 Å². The lowest BCUT2D eigenvalue weighted by Crippen LogP contribution is -2.43. The van der Waals surface area contributed by atoms with E-state index in [9.17, 15) is 9.59 Å². The first-order valence-electron chi connectivity index (χ1n) is 8.05. The number of ether oxygens (including phenoxy) is 2. The molecule has 8 heteroatoms. The summed E-state index contributed by atoms with van der Waals surface area (Å²) in [7, 11) is 0. The second kappa shape index (κ2) is 8.51. The monoisotopic (exact) mass is 395 g/mol. The highest BCUT2D eigenvalue weighted by molar-refractivity contribution is 7.99. The van der Waals surface area contributed by atoms with Gasteiger partial charge in [-0.2, -0.15) is 0 Å². The van der Waals surface area contributed by atoms with Gasteiger partial charge in [-0.25, -0.2) is 4.79 Å². The van der Waals surface area contributed by atoms with Gasteiger partial charge in [0.15, 0.2) is 0 Å². The number of hydrogen-bond donors (Lipinski definition) is 0. The van der Waals surface area contributed by atoms with Gasteiger partial charge in [0.25, 0.3) is 0 Å². The highest BCUT2D eigenvalue weighted by Gasteiger charge is 2.43. The molecule has 3 rings (SSSR count). The Morgan fingerprint density at radius 2 is 2.04 bits per heavy atom. The van der Waals surface area contributed by atoms with Crippen molar-refractivity contribution in [3.8, 4) is 5.75 Å². The van der Waals surface area contributed by atoms with Gasteiger partial charge in [-0.05, 0) is 36.4 Å². The molecule has 0 radical (unpaired) electrons. The zero-order valence-electron chi connectivity index (χ0n) is 14.1. The van der Waals surface area contributed by atoms with Crippen LogP contribution in [0.2, 0.25) is 5.02 Å². The summed E-state index contributed by atoms with van der Waals surface area (Å²) in [5.41, 5.74) is 0. The van der Waals surface area contributed by atoms with Gasteiger partial charge in [-0.3, -0.25) is 4.79 Å². The number of halogens is 1. The van der Waals surface area contributed by atoms with Crippen LogP contribution >= 0.6 is 23.4 Å². The Morgan fingerprint density at radius 1 is 1.27 bits per heavy atom. The van der Waals surface area contributed by atoms with Crippen LogP contribution in [0.15, 0.2) is 47.1 Å². The fraction of sp³-hybridized carbons (Fsp3) is 0.333. The zero-order valence-corrected chi connectivity index (χ0v) is 15.7. The number of thioether (sulfide) groups is 1. The molecule has 1 fully saturated rings. The summed E-state index contributed by atoms with van der Waals surface area (Å²) >= 11 is 7.29. The molecule has 0 spiro atoms. The summed E-state index contributed by atoms with van der Waals surface area (Å²) in [4.78, 5) is 25.9. The molecule has 0 N–H and O–H groups in total. The van der Waals surface area contributed by atoms with Crippen LogP contribution in [0.1, 0.15) is 18.1 Å². The molecule has 0 unspecified atom stereocenters. The SMILES string of the molecule is CC(=O)N1[C@H](C(=O)OCCOc2ccc(Cl)cc2)CS[C@H]1c1ccco1.